The third-order valence-corrected chi connectivity index (χ3v) is 6.26. The number of nitro benzene ring substituents is 1. The highest BCUT2D eigenvalue weighted by Crippen LogP contribution is 2.27. The number of nitrogens with one attached hydrogen (secondary N) is 2. The average Bonchev–Trinajstić information content (AvgIpc) is 3.24. The third kappa shape index (κ3) is 6.11. The van der Waals surface area contributed by atoms with Crippen molar-refractivity contribution in [2.24, 2.45) is 0 Å². The molecule has 33 heavy (non-hydrogen) atoms. The van der Waals surface area contributed by atoms with Crippen molar-refractivity contribution in [3.05, 3.63) is 69.3 Å². The highest BCUT2D eigenvalue weighted by Gasteiger charge is 2.19. The fourth-order valence-electron chi connectivity index (χ4n) is 2.68. The Hall–Kier alpha value is -3.84. The van der Waals surface area contributed by atoms with E-state index in [4.69, 9.17) is 0 Å². The van der Waals surface area contributed by atoms with Crippen LogP contribution in [-0.2, 0) is 9.53 Å². The molecule has 2 N–H and O–H groups in total. The van der Waals surface area contributed by atoms with Crippen LogP contribution >= 0.6 is 23.1 Å². The molecule has 1 heterocycles. The molecule has 3 aromatic rings. The van der Waals surface area contributed by atoms with Crippen molar-refractivity contribution in [1.29, 1.82) is 0 Å². The van der Waals surface area contributed by atoms with Gasteiger partial charge in [0.25, 0.3) is 11.6 Å². The number of hydrogen-bond donors (Lipinski definition) is 2. The zero-order valence-electron chi connectivity index (χ0n) is 17.4. The molecule has 0 spiro atoms. The summed E-state index contributed by atoms with van der Waals surface area (Å²) in [6, 6.07) is 10.5. The number of thioether (sulfide) groups is 1. The van der Waals surface area contributed by atoms with Crippen LogP contribution in [0.2, 0.25) is 0 Å². The average molecular weight is 488 g/mol. The Morgan fingerprint density at radius 3 is 2.52 bits per heavy atom. The quantitative estimate of drug-likeness (QED) is 0.160. The van der Waals surface area contributed by atoms with E-state index < -0.39 is 16.8 Å². The van der Waals surface area contributed by atoms with Crippen LogP contribution in [-0.4, -0.2) is 45.8 Å². The molecule has 0 radical (unpaired) electrons. The van der Waals surface area contributed by atoms with E-state index in [2.05, 4.69) is 25.6 Å². The first-order chi connectivity index (χ1) is 15.8. The Morgan fingerprint density at radius 2 is 1.85 bits per heavy atom. The van der Waals surface area contributed by atoms with Gasteiger partial charge in [-0.25, -0.2) is 4.79 Å². The summed E-state index contributed by atoms with van der Waals surface area (Å²) in [4.78, 5) is 46.6. The van der Waals surface area contributed by atoms with Crippen molar-refractivity contribution in [1.82, 2.24) is 10.2 Å². The van der Waals surface area contributed by atoms with Gasteiger partial charge in [-0.3, -0.25) is 25.0 Å². The summed E-state index contributed by atoms with van der Waals surface area (Å²) in [5.74, 6) is -1.26. The van der Waals surface area contributed by atoms with Crippen LogP contribution in [0.5, 0.6) is 0 Å². The van der Waals surface area contributed by atoms with E-state index in [0.717, 1.165) is 23.1 Å². The van der Waals surface area contributed by atoms with Crippen LogP contribution in [0.4, 0.5) is 16.5 Å². The van der Waals surface area contributed by atoms with Gasteiger partial charge in [0.15, 0.2) is 4.34 Å². The maximum absolute atomic E-state index is 12.5. The molecule has 0 fully saturated rings. The van der Waals surface area contributed by atoms with Gasteiger partial charge in [-0.2, -0.15) is 0 Å². The second-order valence-corrected chi connectivity index (χ2v) is 8.64. The molecule has 0 aliphatic heterocycles. The molecule has 0 aliphatic rings. The minimum atomic E-state index is -0.551. The molecule has 0 atom stereocenters. The van der Waals surface area contributed by atoms with Crippen LogP contribution in [0.25, 0.3) is 0 Å². The highest BCUT2D eigenvalue weighted by atomic mass is 32.2. The summed E-state index contributed by atoms with van der Waals surface area (Å²) < 4.78 is 5.08. The highest BCUT2D eigenvalue weighted by molar-refractivity contribution is 8.01. The van der Waals surface area contributed by atoms with Gasteiger partial charge in [0.05, 0.1) is 23.3 Å². The molecular formula is C20H17N5O6S2. The van der Waals surface area contributed by atoms with Gasteiger partial charge >= 0.3 is 5.97 Å². The van der Waals surface area contributed by atoms with Crippen LogP contribution in [0, 0.1) is 17.0 Å². The minimum Gasteiger partial charge on any atom is -0.465 e. The lowest BCUT2D eigenvalue weighted by atomic mass is 10.1. The van der Waals surface area contributed by atoms with E-state index in [0.29, 0.717) is 15.6 Å². The van der Waals surface area contributed by atoms with Gasteiger partial charge in [-0.15, -0.1) is 10.2 Å². The number of hydrogen-bond acceptors (Lipinski definition) is 10. The van der Waals surface area contributed by atoms with Crippen LogP contribution in [0.1, 0.15) is 26.3 Å². The van der Waals surface area contributed by atoms with Crippen molar-refractivity contribution in [2.45, 2.75) is 11.3 Å². The van der Waals surface area contributed by atoms with Gasteiger partial charge < -0.3 is 10.1 Å². The van der Waals surface area contributed by atoms with Crippen molar-refractivity contribution in [2.75, 3.05) is 23.5 Å². The fraction of sp³-hybridized carbons (Fsp3) is 0.150. The first-order valence-corrected chi connectivity index (χ1v) is 11.1. The number of rotatable bonds is 8. The molecule has 2 aromatic carbocycles. The number of carbonyl (C=O) groups is 3. The molecule has 2 amide bonds. The summed E-state index contributed by atoms with van der Waals surface area (Å²) in [7, 11) is 1.29. The molecular weight excluding hydrogens is 470 g/mol. The summed E-state index contributed by atoms with van der Waals surface area (Å²) in [5, 5.41) is 24.3. The van der Waals surface area contributed by atoms with E-state index in [9.17, 15) is 24.5 Å². The maximum atomic E-state index is 12.5. The molecule has 0 saturated carbocycles. The number of benzene rings is 2. The minimum absolute atomic E-state index is 0.0469. The van der Waals surface area contributed by atoms with Crippen molar-refractivity contribution in [3.8, 4) is 0 Å². The standard InChI is InChI=1S/C20H17N5O6S2/c1-11-14(4-3-5-15(11)25(29)30)17(27)22-19-23-24-20(33-19)32-10-16(26)21-13-8-6-12(7-9-13)18(28)31-2/h3-9H,10H2,1-2H3,(H,21,26)(H,22,23,27). The molecule has 3 rings (SSSR count). The monoisotopic (exact) mass is 487 g/mol. The zero-order chi connectivity index (χ0) is 24.0. The largest absolute Gasteiger partial charge is 0.465 e. The molecule has 0 unspecified atom stereocenters. The number of aromatic nitrogens is 2. The van der Waals surface area contributed by atoms with Crippen molar-refractivity contribution >= 4 is 57.4 Å². The van der Waals surface area contributed by atoms with Crippen LogP contribution in [0.3, 0.4) is 0 Å². The van der Waals surface area contributed by atoms with Crippen LogP contribution < -0.4 is 10.6 Å². The molecule has 1 aromatic heterocycles. The number of nitrogens with zero attached hydrogens (tertiary/aromatic N) is 3. The van der Waals surface area contributed by atoms with Gasteiger partial charge in [0.1, 0.15) is 0 Å². The summed E-state index contributed by atoms with van der Waals surface area (Å²) >= 11 is 2.20. The topological polar surface area (TPSA) is 153 Å². The Bertz CT molecular complexity index is 1210. The van der Waals surface area contributed by atoms with Gasteiger partial charge in [0.2, 0.25) is 11.0 Å². The van der Waals surface area contributed by atoms with Gasteiger partial charge in [-0.1, -0.05) is 29.2 Å². The lowest BCUT2D eigenvalue weighted by molar-refractivity contribution is -0.385. The Kier molecular flexibility index (Phi) is 7.69. The van der Waals surface area contributed by atoms with Gasteiger partial charge in [-0.05, 0) is 37.3 Å². The Labute approximate surface area is 195 Å². The third-order valence-electron chi connectivity index (χ3n) is 4.29. The lowest BCUT2D eigenvalue weighted by Crippen LogP contribution is -2.14. The number of nitro groups is 1. The normalized spacial score (nSPS) is 10.4. The number of anilines is 2. The predicted octanol–water partition coefficient (Wildman–Crippen LogP) is 3.52. The van der Waals surface area contributed by atoms with E-state index >= 15 is 0 Å². The molecule has 0 saturated heterocycles. The second kappa shape index (κ2) is 10.7. The first-order valence-electron chi connectivity index (χ1n) is 9.28. The Balaban J connectivity index is 1.54. The molecule has 11 nitrogen and oxygen atoms in total. The van der Waals surface area contributed by atoms with E-state index in [-0.39, 0.29) is 33.6 Å². The van der Waals surface area contributed by atoms with Gasteiger partial charge in [0, 0.05) is 22.9 Å². The number of carbonyl (C=O) groups excluding carboxylic acids is 3. The van der Waals surface area contributed by atoms with Crippen molar-refractivity contribution in [3.63, 3.8) is 0 Å². The van der Waals surface area contributed by atoms with Crippen molar-refractivity contribution < 1.29 is 24.0 Å². The number of amides is 2. The summed E-state index contributed by atoms with van der Waals surface area (Å²) in [5.41, 5.74) is 1.14. The predicted molar refractivity (Wildman–Crippen MR) is 123 cm³/mol. The smallest absolute Gasteiger partial charge is 0.337 e. The zero-order valence-corrected chi connectivity index (χ0v) is 19.0. The number of esters is 1. The number of ether oxygens (including phenoxy) is 1. The molecule has 13 heteroatoms. The van der Waals surface area contributed by atoms with E-state index in [1.165, 1.54) is 44.4 Å². The molecule has 0 aliphatic carbocycles. The summed E-state index contributed by atoms with van der Waals surface area (Å²) in [6.07, 6.45) is 0. The first kappa shape index (κ1) is 23.8. The van der Waals surface area contributed by atoms with E-state index in [1.807, 2.05) is 0 Å². The second-order valence-electron chi connectivity index (χ2n) is 6.44. The maximum Gasteiger partial charge on any atom is 0.337 e. The molecule has 170 valence electrons. The summed E-state index contributed by atoms with van der Waals surface area (Å²) in [6.45, 7) is 1.50. The Morgan fingerprint density at radius 1 is 1.12 bits per heavy atom. The van der Waals surface area contributed by atoms with E-state index in [1.54, 1.807) is 12.1 Å². The fourth-order valence-corrected chi connectivity index (χ4v) is 4.23. The number of methoxy groups -OCH3 is 1. The molecule has 0 bridgehead atoms. The SMILES string of the molecule is COC(=O)c1ccc(NC(=O)CSc2nnc(NC(=O)c3cccc([N+](=O)[O-])c3C)s2)cc1. The van der Waals surface area contributed by atoms with Crippen LogP contribution in [0.15, 0.2) is 46.8 Å². The lowest BCUT2D eigenvalue weighted by Gasteiger charge is -2.05.